The Morgan fingerprint density at radius 2 is 1.27 bits per heavy atom. The van der Waals surface area contributed by atoms with Crippen LogP contribution in [-0.2, 0) is 9.59 Å². The molecule has 0 aromatic carbocycles. The molecule has 0 bridgehead atoms. The number of carboxylic acids is 2. The molecule has 15 heavy (non-hydrogen) atoms. The van der Waals surface area contributed by atoms with Crippen molar-refractivity contribution in [1.82, 2.24) is 0 Å². The van der Waals surface area contributed by atoms with Crippen molar-refractivity contribution in [2.24, 2.45) is 11.8 Å². The molecule has 0 fully saturated rings. The fourth-order valence-electron chi connectivity index (χ4n) is 0.676. The SMILES string of the molecule is CC(C)C(C(=O)O)C(=O)O.CCCC.[KH]. The fourth-order valence-corrected chi connectivity index (χ4v) is 0.676. The molecule has 0 unspecified atom stereocenters. The maximum atomic E-state index is 10.2. The summed E-state index contributed by atoms with van der Waals surface area (Å²) in [5.74, 6) is -4.19. The molecule has 0 spiro atoms. The summed E-state index contributed by atoms with van der Waals surface area (Å²) in [5.41, 5.74) is 0. The van der Waals surface area contributed by atoms with E-state index in [1.807, 2.05) is 0 Å². The van der Waals surface area contributed by atoms with E-state index in [0.717, 1.165) is 0 Å². The van der Waals surface area contributed by atoms with Crippen LogP contribution in [-0.4, -0.2) is 73.5 Å². The molecule has 0 amide bonds. The molecule has 0 aliphatic heterocycles. The quantitative estimate of drug-likeness (QED) is 0.581. The Labute approximate surface area is 134 Å². The normalized spacial score (nSPS) is 8.93. The van der Waals surface area contributed by atoms with Crippen LogP contribution in [0.1, 0.15) is 40.5 Å². The molecule has 0 atom stereocenters. The molecule has 0 aromatic heterocycles. The molecule has 0 heterocycles. The first-order valence-corrected chi connectivity index (χ1v) is 4.84. The summed E-state index contributed by atoms with van der Waals surface area (Å²) in [4.78, 5) is 20.4. The molecule has 5 heteroatoms. The number of carbonyl (C=O) groups is 2. The standard InChI is InChI=1S/C6H10O4.C4H10.K.H/c1-3(2)4(5(7)8)6(9)10;1-3-4-2;;/h3-4H,1-2H3,(H,7,8)(H,9,10);3-4H2,1-2H3;;. The van der Waals surface area contributed by atoms with Crippen LogP contribution in [0.3, 0.4) is 0 Å². The van der Waals surface area contributed by atoms with Gasteiger partial charge in [-0.05, 0) is 5.92 Å². The topological polar surface area (TPSA) is 74.6 Å². The second-order valence-corrected chi connectivity index (χ2v) is 3.40. The Morgan fingerprint density at radius 1 is 1.00 bits per heavy atom. The second kappa shape index (κ2) is 12.6. The molecule has 0 saturated carbocycles. The van der Waals surface area contributed by atoms with Gasteiger partial charge in [0.2, 0.25) is 0 Å². The Morgan fingerprint density at radius 3 is 1.27 bits per heavy atom. The number of carboxylic acid groups (broad SMARTS) is 2. The average molecular weight is 244 g/mol. The predicted molar refractivity (Wildman–Crippen MR) is 61.3 cm³/mol. The molecule has 86 valence electrons. The van der Waals surface area contributed by atoms with E-state index in [1.165, 1.54) is 12.8 Å². The van der Waals surface area contributed by atoms with Crippen LogP contribution < -0.4 is 0 Å². The summed E-state index contributed by atoms with van der Waals surface area (Å²) in [7, 11) is 0. The molecule has 0 radical (unpaired) electrons. The van der Waals surface area contributed by atoms with Crippen LogP contribution in [0.4, 0.5) is 0 Å². The summed E-state index contributed by atoms with van der Waals surface area (Å²) >= 11 is 0. The van der Waals surface area contributed by atoms with E-state index in [-0.39, 0.29) is 57.3 Å². The van der Waals surface area contributed by atoms with Crippen molar-refractivity contribution in [3.8, 4) is 0 Å². The minimum atomic E-state index is -1.28. The van der Waals surface area contributed by atoms with Crippen molar-refractivity contribution >= 4 is 63.3 Å². The Kier molecular flexibility index (Phi) is 17.6. The maximum absolute atomic E-state index is 10.2. The van der Waals surface area contributed by atoms with Crippen molar-refractivity contribution in [1.29, 1.82) is 0 Å². The molecular weight excluding hydrogens is 223 g/mol. The average Bonchev–Trinajstić information content (AvgIpc) is 2.02. The number of rotatable bonds is 4. The molecule has 0 rings (SSSR count). The van der Waals surface area contributed by atoms with Crippen LogP contribution in [0.25, 0.3) is 0 Å². The minimum absolute atomic E-state index is 0. The number of unbranched alkanes of at least 4 members (excludes halogenated alkanes) is 1. The van der Waals surface area contributed by atoms with Crippen LogP contribution in [0, 0.1) is 11.8 Å². The summed E-state index contributed by atoms with van der Waals surface area (Å²) < 4.78 is 0. The number of hydrogen-bond donors (Lipinski definition) is 2. The Hall–Kier alpha value is 0.576. The zero-order valence-corrected chi connectivity index (χ0v) is 9.28. The van der Waals surface area contributed by atoms with Gasteiger partial charge in [0.05, 0.1) is 0 Å². The van der Waals surface area contributed by atoms with Crippen molar-refractivity contribution < 1.29 is 19.8 Å². The molecule has 4 nitrogen and oxygen atoms in total. The van der Waals surface area contributed by atoms with E-state index < -0.39 is 17.9 Å². The first-order valence-electron chi connectivity index (χ1n) is 4.84. The number of hydrogen-bond acceptors (Lipinski definition) is 2. The Balaban J connectivity index is -0.000000249. The molecule has 0 saturated heterocycles. The van der Waals surface area contributed by atoms with Crippen LogP contribution in [0.15, 0.2) is 0 Å². The second-order valence-electron chi connectivity index (χ2n) is 3.40. The van der Waals surface area contributed by atoms with Gasteiger partial charge < -0.3 is 10.2 Å². The van der Waals surface area contributed by atoms with Gasteiger partial charge in [-0.25, -0.2) is 0 Å². The summed E-state index contributed by atoms with van der Waals surface area (Å²) in [5, 5.41) is 16.7. The van der Waals surface area contributed by atoms with Crippen molar-refractivity contribution in [3.63, 3.8) is 0 Å². The summed E-state index contributed by atoms with van der Waals surface area (Å²) in [6.07, 6.45) is 2.64. The van der Waals surface area contributed by atoms with Gasteiger partial charge in [0, 0.05) is 0 Å². The summed E-state index contributed by atoms with van der Waals surface area (Å²) in [6.45, 7) is 7.49. The predicted octanol–water partition coefficient (Wildman–Crippen LogP) is 1.59. The third-order valence-corrected chi connectivity index (χ3v) is 1.70. The summed E-state index contributed by atoms with van der Waals surface area (Å²) in [6, 6.07) is 0. The molecule has 0 aromatic rings. The molecule has 2 N–H and O–H groups in total. The van der Waals surface area contributed by atoms with E-state index in [1.54, 1.807) is 13.8 Å². The first kappa shape index (κ1) is 20.9. The van der Waals surface area contributed by atoms with Crippen molar-refractivity contribution in [3.05, 3.63) is 0 Å². The van der Waals surface area contributed by atoms with Gasteiger partial charge >= 0.3 is 63.3 Å². The van der Waals surface area contributed by atoms with Crippen LogP contribution in [0.5, 0.6) is 0 Å². The molecule has 0 aliphatic rings. The zero-order valence-electron chi connectivity index (χ0n) is 9.28. The van der Waals surface area contributed by atoms with Gasteiger partial charge in [-0.2, -0.15) is 0 Å². The van der Waals surface area contributed by atoms with E-state index in [9.17, 15) is 9.59 Å². The third-order valence-electron chi connectivity index (χ3n) is 1.70. The van der Waals surface area contributed by atoms with E-state index in [4.69, 9.17) is 10.2 Å². The van der Waals surface area contributed by atoms with Gasteiger partial charge in [-0.15, -0.1) is 0 Å². The van der Waals surface area contributed by atoms with Gasteiger partial charge in [-0.3, -0.25) is 9.59 Å². The zero-order chi connectivity index (χ0) is 11.7. The van der Waals surface area contributed by atoms with E-state index in [0.29, 0.717) is 0 Å². The Bertz CT molecular complexity index is 164. The van der Waals surface area contributed by atoms with Crippen LogP contribution >= 0.6 is 0 Å². The monoisotopic (exact) mass is 244 g/mol. The third kappa shape index (κ3) is 12.5. The van der Waals surface area contributed by atoms with Crippen LogP contribution in [0.2, 0.25) is 0 Å². The van der Waals surface area contributed by atoms with Crippen molar-refractivity contribution in [2.75, 3.05) is 0 Å². The van der Waals surface area contributed by atoms with Gasteiger partial charge in [0.1, 0.15) is 0 Å². The first-order chi connectivity index (χ1) is 6.38. The van der Waals surface area contributed by atoms with Gasteiger partial charge in [-0.1, -0.05) is 40.5 Å². The van der Waals surface area contributed by atoms with Gasteiger partial charge in [0.15, 0.2) is 5.92 Å². The fraction of sp³-hybridized carbons (Fsp3) is 0.800. The molecule has 0 aliphatic carbocycles. The van der Waals surface area contributed by atoms with E-state index >= 15 is 0 Å². The van der Waals surface area contributed by atoms with Crippen molar-refractivity contribution in [2.45, 2.75) is 40.5 Å². The van der Waals surface area contributed by atoms with E-state index in [2.05, 4.69) is 13.8 Å². The number of aliphatic carboxylic acids is 2. The van der Waals surface area contributed by atoms with Gasteiger partial charge in [0.25, 0.3) is 0 Å². The molecular formula is C10H21KO4.